The standard InChI is InChI=1S/C14H17NO2/c1-9-6-11(3)13(7-10(9)2)14-8-12(4-5-16)17-15-14/h6-8,16H,4-5H2,1-3H3. The molecule has 3 heteroatoms. The van der Waals surface area contributed by atoms with Crippen LogP contribution in [0.4, 0.5) is 0 Å². The minimum atomic E-state index is 0.0839. The van der Waals surface area contributed by atoms with Crippen molar-refractivity contribution in [3.05, 3.63) is 40.6 Å². The van der Waals surface area contributed by atoms with E-state index in [2.05, 4.69) is 38.1 Å². The van der Waals surface area contributed by atoms with E-state index in [4.69, 9.17) is 9.63 Å². The second kappa shape index (κ2) is 4.72. The van der Waals surface area contributed by atoms with Crippen molar-refractivity contribution < 1.29 is 9.63 Å². The van der Waals surface area contributed by atoms with Crippen LogP contribution >= 0.6 is 0 Å². The first-order valence-electron chi connectivity index (χ1n) is 5.76. The number of nitrogens with zero attached hydrogens (tertiary/aromatic N) is 1. The third-order valence-corrected chi connectivity index (χ3v) is 3.03. The summed E-state index contributed by atoms with van der Waals surface area (Å²) in [5.74, 6) is 0.722. The molecule has 1 heterocycles. The zero-order valence-corrected chi connectivity index (χ0v) is 10.4. The molecule has 0 saturated heterocycles. The van der Waals surface area contributed by atoms with Crippen LogP contribution in [0.25, 0.3) is 11.3 Å². The molecule has 1 aromatic heterocycles. The molecule has 0 aliphatic heterocycles. The first-order valence-corrected chi connectivity index (χ1v) is 5.76. The summed E-state index contributed by atoms with van der Waals surface area (Å²) in [4.78, 5) is 0. The second-order valence-electron chi connectivity index (χ2n) is 4.40. The molecule has 90 valence electrons. The quantitative estimate of drug-likeness (QED) is 0.883. The van der Waals surface area contributed by atoms with Crippen molar-refractivity contribution in [2.75, 3.05) is 6.61 Å². The highest BCUT2D eigenvalue weighted by molar-refractivity contribution is 5.65. The number of aromatic nitrogens is 1. The third kappa shape index (κ3) is 2.39. The summed E-state index contributed by atoms with van der Waals surface area (Å²) in [5, 5.41) is 12.9. The van der Waals surface area contributed by atoms with Crippen LogP contribution in [0.3, 0.4) is 0 Å². The molecule has 17 heavy (non-hydrogen) atoms. The maximum atomic E-state index is 8.85. The van der Waals surface area contributed by atoms with Crippen LogP contribution in [0.5, 0.6) is 0 Å². The van der Waals surface area contributed by atoms with Gasteiger partial charge in [0.1, 0.15) is 11.5 Å². The Labute approximate surface area is 101 Å². The minimum Gasteiger partial charge on any atom is -0.396 e. The van der Waals surface area contributed by atoms with Crippen molar-refractivity contribution in [1.29, 1.82) is 0 Å². The molecule has 3 nitrogen and oxygen atoms in total. The van der Waals surface area contributed by atoms with Crippen LogP contribution in [-0.4, -0.2) is 16.9 Å². The van der Waals surface area contributed by atoms with Gasteiger partial charge in [0.15, 0.2) is 0 Å². The fourth-order valence-corrected chi connectivity index (χ4v) is 1.90. The van der Waals surface area contributed by atoms with E-state index in [1.165, 1.54) is 16.7 Å². The summed E-state index contributed by atoms with van der Waals surface area (Å²) in [6.07, 6.45) is 0.511. The smallest absolute Gasteiger partial charge is 0.139 e. The van der Waals surface area contributed by atoms with Gasteiger partial charge in [0.05, 0.1) is 6.61 Å². The van der Waals surface area contributed by atoms with Gasteiger partial charge < -0.3 is 9.63 Å². The summed E-state index contributed by atoms with van der Waals surface area (Å²) < 4.78 is 5.17. The Kier molecular flexibility index (Phi) is 3.29. The molecule has 0 aliphatic rings. The first kappa shape index (κ1) is 11.9. The summed E-state index contributed by atoms with van der Waals surface area (Å²) in [6, 6.07) is 6.18. The summed E-state index contributed by atoms with van der Waals surface area (Å²) in [6.45, 7) is 6.35. The first-order chi connectivity index (χ1) is 8.11. The summed E-state index contributed by atoms with van der Waals surface area (Å²) >= 11 is 0. The lowest BCUT2D eigenvalue weighted by atomic mass is 9.99. The van der Waals surface area contributed by atoms with Gasteiger partial charge in [0.25, 0.3) is 0 Å². The van der Waals surface area contributed by atoms with Crippen LogP contribution in [0.1, 0.15) is 22.5 Å². The largest absolute Gasteiger partial charge is 0.396 e. The number of rotatable bonds is 3. The van der Waals surface area contributed by atoms with Gasteiger partial charge in [-0.2, -0.15) is 0 Å². The van der Waals surface area contributed by atoms with E-state index in [0.717, 1.165) is 17.0 Å². The summed E-state index contributed by atoms with van der Waals surface area (Å²) in [5.41, 5.74) is 5.66. The van der Waals surface area contributed by atoms with Crippen molar-refractivity contribution >= 4 is 0 Å². The zero-order chi connectivity index (χ0) is 12.4. The van der Waals surface area contributed by atoms with E-state index in [-0.39, 0.29) is 6.61 Å². The van der Waals surface area contributed by atoms with E-state index < -0.39 is 0 Å². The number of hydrogen-bond donors (Lipinski definition) is 1. The van der Waals surface area contributed by atoms with E-state index in [9.17, 15) is 0 Å². The maximum Gasteiger partial charge on any atom is 0.139 e. The van der Waals surface area contributed by atoms with Crippen LogP contribution in [0.2, 0.25) is 0 Å². The number of aryl methyl sites for hydroxylation is 3. The van der Waals surface area contributed by atoms with Gasteiger partial charge in [0.2, 0.25) is 0 Å². The fourth-order valence-electron chi connectivity index (χ4n) is 1.90. The van der Waals surface area contributed by atoms with Gasteiger partial charge in [-0.15, -0.1) is 0 Å². The van der Waals surface area contributed by atoms with Crippen LogP contribution in [-0.2, 0) is 6.42 Å². The Balaban J connectivity index is 2.41. The van der Waals surface area contributed by atoms with E-state index in [0.29, 0.717) is 6.42 Å². The molecule has 1 N–H and O–H groups in total. The topological polar surface area (TPSA) is 46.3 Å². The predicted octanol–water partition coefficient (Wildman–Crippen LogP) is 2.80. The lowest BCUT2D eigenvalue weighted by molar-refractivity contribution is 0.277. The second-order valence-corrected chi connectivity index (χ2v) is 4.40. The van der Waals surface area contributed by atoms with E-state index in [1.807, 2.05) is 6.07 Å². The van der Waals surface area contributed by atoms with Gasteiger partial charge in [-0.1, -0.05) is 11.2 Å². The van der Waals surface area contributed by atoms with Gasteiger partial charge in [-0.25, -0.2) is 0 Å². The SMILES string of the molecule is Cc1cc(C)c(-c2cc(CCO)on2)cc1C. The molecule has 0 radical (unpaired) electrons. The van der Waals surface area contributed by atoms with Gasteiger partial charge in [-0.05, 0) is 43.5 Å². The lowest BCUT2D eigenvalue weighted by Crippen LogP contribution is -1.89. The number of hydrogen-bond acceptors (Lipinski definition) is 3. The number of aliphatic hydroxyl groups excluding tert-OH is 1. The van der Waals surface area contributed by atoms with Crippen LogP contribution < -0.4 is 0 Å². The summed E-state index contributed by atoms with van der Waals surface area (Å²) in [7, 11) is 0. The molecule has 0 fully saturated rings. The molecule has 0 unspecified atom stereocenters. The van der Waals surface area contributed by atoms with Crippen molar-refractivity contribution in [3.63, 3.8) is 0 Å². The average Bonchev–Trinajstić information content (AvgIpc) is 2.72. The molecule has 0 atom stereocenters. The third-order valence-electron chi connectivity index (χ3n) is 3.03. The molecule has 2 rings (SSSR count). The molecule has 1 aromatic carbocycles. The molecular formula is C14H17NO2. The average molecular weight is 231 g/mol. The fraction of sp³-hybridized carbons (Fsp3) is 0.357. The Morgan fingerprint density at radius 1 is 1.06 bits per heavy atom. The van der Waals surface area contributed by atoms with E-state index in [1.54, 1.807) is 0 Å². The van der Waals surface area contributed by atoms with E-state index >= 15 is 0 Å². The molecule has 0 spiro atoms. The molecule has 0 amide bonds. The van der Waals surface area contributed by atoms with Gasteiger partial charge in [-0.3, -0.25) is 0 Å². The Hall–Kier alpha value is -1.61. The van der Waals surface area contributed by atoms with Crippen molar-refractivity contribution in [2.24, 2.45) is 0 Å². The Morgan fingerprint density at radius 3 is 2.47 bits per heavy atom. The number of aliphatic hydroxyl groups is 1. The molecule has 0 bridgehead atoms. The van der Waals surface area contributed by atoms with Crippen molar-refractivity contribution in [1.82, 2.24) is 5.16 Å². The molecule has 0 saturated carbocycles. The number of benzene rings is 1. The van der Waals surface area contributed by atoms with Crippen molar-refractivity contribution in [2.45, 2.75) is 27.2 Å². The normalized spacial score (nSPS) is 10.8. The highest BCUT2D eigenvalue weighted by Crippen LogP contribution is 2.26. The highest BCUT2D eigenvalue weighted by atomic mass is 16.5. The lowest BCUT2D eigenvalue weighted by Gasteiger charge is -2.06. The molecule has 2 aromatic rings. The highest BCUT2D eigenvalue weighted by Gasteiger charge is 2.10. The molecular weight excluding hydrogens is 214 g/mol. The van der Waals surface area contributed by atoms with Gasteiger partial charge in [0, 0.05) is 18.1 Å². The Morgan fingerprint density at radius 2 is 1.76 bits per heavy atom. The van der Waals surface area contributed by atoms with Crippen LogP contribution in [0, 0.1) is 20.8 Å². The molecule has 0 aliphatic carbocycles. The van der Waals surface area contributed by atoms with Gasteiger partial charge >= 0.3 is 0 Å². The minimum absolute atomic E-state index is 0.0839. The maximum absolute atomic E-state index is 8.85. The predicted molar refractivity (Wildman–Crippen MR) is 66.9 cm³/mol. The van der Waals surface area contributed by atoms with Crippen LogP contribution in [0.15, 0.2) is 22.7 Å². The monoisotopic (exact) mass is 231 g/mol. The van der Waals surface area contributed by atoms with Crippen molar-refractivity contribution in [3.8, 4) is 11.3 Å². The Bertz CT molecular complexity index is 529. The zero-order valence-electron chi connectivity index (χ0n) is 10.4.